The summed E-state index contributed by atoms with van der Waals surface area (Å²) in [6.45, 7) is 4.29. The first-order valence-electron chi connectivity index (χ1n) is 9.54. The highest BCUT2D eigenvalue weighted by molar-refractivity contribution is 6.39. The molecule has 0 unspecified atom stereocenters. The Balaban J connectivity index is 1.87. The monoisotopic (exact) mass is 394 g/mol. The molecule has 8 heteroatoms. The van der Waals surface area contributed by atoms with Gasteiger partial charge in [0.1, 0.15) is 5.82 Å². The first-order valence-corrected chi connectivity index (χ1v) is 9.54. The zero-order chi connectivity index (χ0) is 21.1. The first kappa shape index (κ1) is 20.3. The summed E-state index contributed by atoms with van der Waals surface area (Å²) in [7, 11) is 0. The van der Waals surface area contributed by atoms with E-state index in [-0.39, 0.29) is 12.0 Å². The van der Waals surface area contributed by atoms with Crippen molar-refractivity contribution in [2.45, 2.75) is 32.7 Å². The fraction of sp³-hybridized carbons (Fsp3) is 0.333. The highest BCUT2D eigenvalue weighted by atomic mass is 16.2. The Kier molecular flexibility index (Phi) is 5.81. The molecule has 2 aromatic rings. The molecule has 152 valence electrons. The van der Waals surface area contributed by atoms with Crippen LogP contribution in [0.2, 0.25) is 0 Å². The number of carbonyl (C=O) groups is 2. The van der Waals surface area contributed by atoms with Crippen molar-refractivity contribution >= 4 is 35.2 Å². The Morgan fingerprint density at radius 1 is 1.31 bits per heavy atom. The summed E-state index contributed by atoms with van der Waals surface area (Å²) in [4.78, 5) is 31.3. The molecule has 2 amide bonds. The molecule has 0 saturated carbocycles. The second-order valence-electron chi connectivity index (χ2n) is 7.53. The van der Waals surface area contributed by atoms with Gasteiger partial charge in [0.25, 0.3) is 0 Å². The van der Waals surface area contributed by atoms with Crippen LogP contribution in [0.3, 0.4) is 0 Å². The maximum atomic E-state index is 13.0. The summed E-state index contributed by atoms with van der Waals surface area (Å²) < 4.78 is 0. The van der Waals surface area contributed by atoms with Crippen LogP contribution in [0.1, 0.15) is 42.5 Å². The number of pyridine rings is 1. The Morgan fingerprint density at radius 2 is 2.07 bits per heavy atom. The normalized spacial score (nSPS) is 18.9. The highest BCUT2D eigenvalue weighted by Gasteiger charge is 2.35. The lowest BCUT2D eigenvalue weighted by atomic mass is 9.87. The lowest BCUT2D eigenvalue weighted by molar-refractivity contribution is -0.146. The number of nitrogens with zero attached hydrogens (tertiary/aromatic N) is 2. The number of aryl methyl sites for hydroxylation is 1. The van der Waals surface area contributed by atoms with Crippen molar-refractivity contribution in [1.82, 2.24) is 9.88 Å². The molecule has 1 aromatic carbocycles. The SMILES string of the molecule is Cc1cc(NC(=O)C(=O)N2C[C@H](C)CC[C@H]2c2cccc(N)c2C=N)cnc1N. The molecule has 0 radical (unpaired) electrons. The van der Waals surface area contributed by atoms with Crippen molar-refractivity contribution in [3.05, 3.63) is 47.2 Å². The van der Waals surface area contributed by atoms with Crippen LogP contribution in [0.4, 0.5) is 17.2 Å². The molecule has 0 spiro atoms. The minimum absolute atomic E-state index is 0.271. The average Bonchev–Trinajstić information content (AvgIpc) is 2.70. The number of anilines is 3. The molecule has 0 aliphatic carbocycles. The number of nitrogens with two attached hydrogens (primary N) is 2. The van der Waals surface area contributed by atoms with Crippen molar-refractivity contribution in [2.24, 2.45) is 5.92 Å². The molecule has 1 saturated heterocycles. The number of aromatic nitrogens is 1. The van der Waals surface area contributed by atoms with E-state index < -0.39 is 11.8 Å². The van der Waals surface area contributed by atoms with Crippen molar-refractivity contribution in [3.8, 4) is 0 Å². The number of hydrogen-bond acceptors (Lipinski definition) is 6. The second-order valence-corrected chi connectivity index (χ2v) is 7.53. The highest BCUT2D eigenvalue weighted by Crippen LogP contribution is 2.36. The molecule has 8 nitrogen and oxygen atoms in total. The fourth-order valence-electron chi connectivity index (χ4n) is 3.73. The Labute approximate surface area is 169 Å². The Bertz CT molecular complexity index is 958. The van der Waals surface area contributed by atoms with Gasteiger partial charge in [-0.15, -0.1) is 0 Å². The van der Waals surface area contributed by atoms with Gasteiger partial charge in [0.05, 0.1) is 17.9 Å². The van der Waals surface area contributed by atoms with Gasteiger partial charge in [-0.25, -0.2) is 4.98 Å². The van der Waals surface area contributed by atoms with Gasteiger partial charge in [-0.05, 0) is 48.9 Å². The van der Waals surface area contributed by atoms with Crippen LogP contribution in [-0.4, -0.2) is 34.5 Å². The summed E-state index contributed by atoms with van der Waals surface area (Å²) in [6.07, 6.45) is 4.25. The molecule has 1 aliphatic heterocycles. The second kappa shape index (κ2) is 8.30. The van der Waals surface area contributed by atoms with Crippen LogP contribution in [0.15, 0.2) is 30.5 Å². The van der Waals surface area contributed by atoms with E-state index in [1.807, 2.05) is 6.07 Å². The number of hydrogen-bond donors (Lipinski definition) is 4. The quantitative estimate of drug-likeness (QED) is 0.360. The van der Waals surface area contributed by atoms with Crippen molar-refractivity contribution in [3.63, 3.8) is 0 Å². The molecule has 1 fully saturated rings. The lowest BCUT2D eigenvalue weighted by Crippen LogP contribution is -2.46. The molecular weight excluding hydrogens is 368 g/mol. The zero-order valence-electron chi connectivity index (χ0n) is 16.6. The molecule has 2 atom stereocenters. The van der Waals surface area contributed by atoms with E-state index in [2.05, 4.69) is 17.2 Å². The van der Waals surface area contributed by atoms with Gasteiger partial charge < -0.3 is 27.1 Å². The summed E-state index contributed by atoms with van der Waals surface area (Å²) in [5.41, 5.74) is 14.7. The van der Waals surface area contributed by atoms with Gasteiger partial charge in [-0.3, -0.25) is 9.59 Å². The van der Waals surface area contributed by atoms with Gasteiger partial charge in [-0.1, -0.05) is 19.1 Å². The maximum absolute atomic E-state index is 13.0. The van der Waals surface area contributed by atoms with E-state index in [0.29, 0.717) is 35.7 Å². The summed E-state index contributed by atoms with van der Waals surface area (Å²) in [6, 6.07) is 6.76. The van der Waals surface area contributed by atoms with Crippen LogP contribution >= 0.6 is 0 Å². The number of benzene rings is 1. The van der Waals surface area contributed by atoms with Gasteiger partial charge in [-0.2, -0.15) is 0 Å². The molecule has 29 heavy (non-hydrogen) atoms. The van der Waals surface area contributed by atoms with Crippen LogP contribution in [-0.2, 0) is 9.59 Å². The average molecular weight is 394 g/mol. The van der Waals surface area contributed by atoms with Gasteiger partial charge >= 0.3 is 11.8 Å². The largest absolute Gasteiger partial charge is 0.398 e. The van der Waals surface area contributed by atoms with E-state index in [1.54, 1.807) is 30.0 Å². The summed E-state index contributed by atoms with van der Waals surface area (Å²) in [5.74, 6) is -0.697. The minimum atomic E-state index is -0.727. The fourth-order valence-corrected chi connectivity index (χ4v) is 3.73. The maximum Gasteiger partial charge on any atom is 0.313 e. The van der Waals surface area contributed by atoms with Crippen LogP contribution < -0.4 is 16.8 Å². The molecule has 1 aromatic heterocycles. The number of nitrogen functional groups attached to an aromatic ring is 2. The van der Waals surface area contributed by atoms with Gasteiger partial charge in [0, 0.05) is 24.0 Å². The van der Waals surface area contributed by atoms with Gasteiger partial charge in [0.2, 0.25) is 0 Å². The van der Waals surface area contributed by atoms with Crippen LogP contribution in [0.25, 0.3) is 0 Å². The predicted molar refractivity (Wildman–Crippen MR) is 114 cm³/mol. The molecule has 6 N–H and O–H groups in total. The molecule has 0 bridgehead atoms. The first-order chi connectivity index (χ1) is 13.8. The third-order valence-corrected chi connectivity index (χ3v) is 5.33. The molecule has 1 aliphatic rings. The van der Waals surface area contributed by atoms with Crippen LogP contribution in [0, 0.1) is 18.3 Å². The van der Waals surface area contributed by atoms with Crippen molar-refractivity contribution in [2.75, 3.05) is 23.3 Å². The number of rotatable bonds is 3. The van der Waals surface area contributed by atoms with Gasteiger partial charge in [0.15, 0.2) is 0 Å². The van der Waals surface area contributed by atoms with E-state index in [0.717, 1.165) is 17.5 Å². The van der Waals surface area contributed by atoms with E-state index in [9.17, 15) is 9.59 Å². The number of piperidine rings is 1. The third kappa shape index (κ3) is 4.21. The minimum Gasteiger partial charge on any atom is -0.398 e. The Morgan fingerprint density at radius 3 is 2.76 bits per heavy atom. The van der Waals surface area contributed by atoms with Crippen LogP contribution in [0.5, 0.6) is 0 Å². The number of nitrogens with one attached hydrogen (secondary N) is 2. The molecular formula is C21H26N6O2. The van der Waals surface area contributed by atoms with Crippen molar-refractivity contribution < 1.29 is 9.59 Å². The number of carbonyl (C=O) groups excluding carboxylic acids is 2. The van der Waals surface area contributed by atoms with E-state index in [1.165, 1.54) is 12.4 Å². The lowest BCUT2D eigenvalue weighted by Gasteiger charge is -2.39. The molecule has 2 heterocycles. The van der Waals surface area contributed by atoms with Crippen molar-refractivity contribution in [1.29, 1.82) is 5.41 Å². The van der Waals surface area contributed by atoms with E-state index in [4.69, 9.17) is 16.9 Å². The summed E-state index contributed by atoms with van der Waals surface area (Å²) >= 11 is 0. The standard InChI is InChI=1S/C21H26N6O2/c1-12-6-7-18(15-4-3-5-17(23)16(15)9-22)27(11-12)21(29)20(28)26-14-8-13(2)19(24)25-10-14/h3-5,8-10,12,18,22H,6-7,11,23H2,1-2H3,(H2,24,25)(H,26,28)/t12-,18+/m1/s1. The Hall–Kier alpha value is -3.42. The zero-order valence-corrected chi connectivity index (χ0v) is 16.6. The summed E-state index contributed by atoms with van der Waals surface area (Å²) in [5, 5.41) is 10.3. The number of amides is 2. The molecule has 3 rings (SSSR count). The smallest absolute Gasteiger partial charge is 0.313 e. The third-order valence-electron chi connectivity index (χ3n) is 5.33. The predicted octanol–water partition coefficient (Wildman–Crippen LogP) is 2.49. The van der Waals surface area contributed by atoms with E-state index >= 15 is 0 Å². The topological polar surface area (TPSA) is 138 Å². The number of likely N-dealkylation sites (tertiary alicyclic amines) is 1.